The van der Waals surface area contributed by atoms with E-state index in [2.05, 4.69) is 26.6 Å². The molecule has 0 radical (unpaired) electrons. The van der Waals surface area contributed by atoms with E-state index < -0.39 is 28.7 Å². The molecule has 150 valence electrons. The summed E-state index contributed by atoms with van der Waals surface area (Å²) < 4.78 is 0.506. The van der Waals surface area contributed by atoms with Crippen LogP contribution in [0.25, 0.3) is 6.08 Å². The molecule has 3 N–H and O–H groups in total. The normalized spacial score (nSPS) is 12.0. The number of nitrogens with zero attached hydrogens (tertiary/aromatic N) is 1. The summed E-state index contributed by atoms with van der Waals surface area (Å²) >= 11 is 3.25. The van der Waals surface area contributed by atoms with E-state index in [1.54, 1.807) is 24.3 Å². The summed E-state index contributed by atoms with van der Waals surface area (Å²) in [5.41, 5.74) is 0.315. The average Bonchev–Trinajstić information content (AvgIpc) is 2.67. The lowest BCUT2D eigenvalue weighted by molar-refractivity contribution is -0.384. The van der Waals surface area contributed by atoms with Gasteiger partial charge < -0.3 is 15.7 Å². The molecule has 2 aromatic carbocycles. The van der Waals surface area contributed by atoms with Crippen molar-refractivity contribution in [2.24, 2.45) is 0 Å². The molecule has 0 heterocycles. The van der Waals surface area contributed by atoms with E-state index >= 15 is 0 Å². The van der Waals surface area contributed by atoms with Gasteiger partial charge in [-0.2, -0.15) is 0 Å². The van der Waals surface area contributed by atoms with Crippen LogP contribution in [0.15, 0.2) is 58.7 Å². The Morgan fingerprint density at radius 2 is 1.76 bits per heavy atom. The van der Waals surface area contributed by atoms with Gasteiger partial charge in [0.25, 0.3) is 17.5 Å². The predicted octanol–water partition coefficient (Wildman–Crippen LogP) is 2.72. The number of rotatable bonds is 7. The highest BCUT2D eigenvalue weighted by atomic mass is 79.9. The third-order valence-electron chi connectivity index (χ3n) is 3.74. The van der Waals surface area contributed by atoms with Crippen molar-refractivity contribution in [2.75, 3.05) is 0 Å². The zero-order valence-electron chi connectivity index (χ0n) is 15.1. The van der Waals surface area contributed by atoms with E-state index in [-0.39, 0.29) is 16.9 Å². The van der Waals surface area contributed by atoms with Crippen molar-refractivity contribution < 1.29 is 24.4 Å². The van der Waals surface area contributed by atoms with Gasteiger partial charge >= 0.3 is 5.97 Å². The number of hydrogen-bond acceptors (Lipinski definition) is 5. The highest BCUT2D eigenvalue weighted by Gasteiger charge is 2.20. The first-order chi connectivity index (χ1) is 13.7. The van der Waals surface area contributed by atoms with Crippen LogP contribution in [-0.2, 0) is 9.59 Å². The Balaban J connectivity index is 2.35. The lowest BCUT2D eigenvalue weighted by atomic mass is 10.1. The van der Waals surface area contributed by atoms with Crippen LogP contribution in [-0.4, -0.2) is 33.9 Å². The van der Waals surface area contributed by atoms with Gasteiger partial charge in [0.1, 0.15) is 11.7 Å². The summed E-state index contributed by atoms with van der Waals surface area (Å²) in [5, 5.41) is 24.5. The fourth-order valence-electron chi connectivity index (χ4n) is 2.19. The van der Waals surface area contributed by atoms with Crippen LogP contribution in [0.4, 0.5) is 5.69 Å². The number of halogens is 1. The van der Waals surface area contributed by atoms with Crippen molar-refractivity contribution in [1.29, 1.82) is 0 Å². The first kappa shape index (κ1) is 21.8. The van der Waals surface area contributed by atoms with Crippen molar-refractivity contribution in [2.45, 2.75) is 13.0 Å². The van der Waals surface area contributed by atoms with Crippen molar-refractivity contribution in [3.63, 3.8) is 0 Å². The monoisotopic (exact) mass is 461 g/mol. The molecule has 29 heavy (non-hydrogen) atoms. The lowest BCUT2D eigenvalue weighted by Crippen LogP contribution is -2.42. The Kier molecular flexibility index (Phi) is 7.21. The molecule has 1 atom stereocenters. The van der Waals surface area contributed by atoms with Crippen LogP contribution < -0.4 is 10.6 Å². The number of nitro benzene ring substituents is 1. The fraction of sp³-hybridized carbons (Fsp3) is 0.105. The molecule has 2 rings (SSSR count). The highest BCUT2D eigenvalue weighted by molar-refractivity contribution is 9.10. The van der Waals surface area contributed by atoms with E-state index in [1.807, 2.05) is 0 Å². The highest BCUT2D eigenvalue weighted by Crippen LogP contribution is 2.17. The number of hydrogen-bond donors (Lipinski definition) is 3. The summed E-state index contributed by atoms with van der Waals surface area (Å²) in [6, 6.07) is 10.7. The van der Waals surface area contributed by atoms with Gasteiger partial charge in [0, 0.05) is 16.6 Å². The van der Waals surface area contributed by atoms with Crippen molar-refractivity contribution in [3.8, 4) is 0 Å². The first-order valence-corrected chi connectivity index (χ1v) is 9.04. The van der Waals surface area contributed by atoms with Crippen molar-refractivity contribution in [3.05, 3.63) is 79.9 Å². The Hall–Kier alpha value is -3.53. The Morgan fingerprint density at radius 1 is 1.14 bits per heavy atom. The minimum absolute atomic E-state index is 0.134. The van der Waals surface area contributed by atoms with Gasteiger partial charge in [-0.05, 0) is 58.8 Å². The van der Waals surface area contributed by atoms with Gasteiger partial charge in [-0.3, -0.25) is 24.5 Å². The van der Waals surface area contributed by atoms with Gasteiger partial charge in [0.15, 0.2) is 0 Å². The topological polar surface area (TPSA) is 139 Å². The number of carbonyl (C=O) groups excluding carboxylic acids is 2. The number of carboxylic acids is 1. The zero-order chi connectivity index (χ0) is 21.6. The number of nitro groups is 1. The standard InChI is InChI=1S/C19H16BrN3O6/c1-11(19(26)27)21-18(25)16(10-12-6-8-13(9-7-12)23(28)29)22-17(24)14-4-2-3-5-15(14)20/h2-11H,1H3,(H,21,25)(H,22,24)(H,26,27)/b16-10-/t11-/m0/s1. The fourth-order valence-corrected chi connectivity index (χ4v) is 2.65. The van der Waals surface area contributed by atoms with Gasteiger partial charge in [-0.15, -0.1) is 0 Å². The average molecular weight is 462 g/mol. The number of benzene rings is 2. The van der Waals surface area contributed by atoms with E-state index in [9.17, 15) is 24.5 Å². The summed E-state index contributed by atoms with van der Waals surface area (Å²) in [5.74, 6) is -2.66. The van der Waals surface area contributed by atoms with Crippen LogP contribution in [0, 0.1) is 10.1 Å². The molecular weight excluding hydrogens is 446 g/mol. The molecule has 0 aliphatic rings. The molecule has 0 unspecified atom stereocenters. The van der Waals surface area contributed by atoms with Gasteiger partial charge in [-0.25, -0.2) is 0 Å². The number of amides is 2. The molecule has 10 heteroatoms. The maximum atomic E-state index is 12.6. The van der Waals surface area contributed by atoms with Crippen LogP contribution in [0.5, 0.6) is 0 Å². The molecule has 0 spiro atoms. The molecule has 2 amide bonds. The minimum Gasteiger partial charge on any atom is -0.480 e. The van der Waals surface area contributed by atoms with Crippen LogP contribution >= 0.6 is 15.9 Å². The zero-order valence-corrected chi connectivity index (χ0v) is 16.7. The molecule has 2 aromatic rings. The van der Waals surface area contributed by atoms with Gasteiger partial charge in [0.2, 0.25) is 0 Å². The second kappa shape index (κ2) is 9.60. The van der Waals surface area contributed by atoms with E-state index in [0.717, 1.165) is 0 Å². The summed E-state index contributed by atoms with van der Waals surface area (Å²) in [6.45, 7) is 1.28. The predicted molar refractivity (Wildman–Crippen MR) is 108 cm³/mol. The van der Waals surface area contributed by atoms with Crippen molar-refractivity contribution in [1.82, 2.24) is 10.6 Å². The van der Waals surface area contributed by atoms with Crippen LogP contribution in [0.2, 0.25) is 0 Å². The van der Waals surface area contributed by atoms with E-state index in [1.165, 1.54) is 37.3 Å². The van der Waals surface area contributed by atoms with Gasteiger partial charge in [-0.1, -0.05) is 12.1 Å². The molecule has 0 saturated heterocycles. The summed E-state index contributed by atoms with van der Waals surface area (Å²) in [4.78, 5) is 46.3. The Morgan fingerprint density at radius 3 is 2.31 bits per heavy atom. The van der Waals surface area contributed by atoms with Crippen molar-refractivity contribution >= 4 is 45.5 Å². The van der Waals surface area contributed by atoms with Gasteiger partial charge in [0.05, 0.1) is 10.5 Å². The van der Waals surface area contributed by atoms with E-state index in [0.29, 0.717) is 10.0 Å². The third-order valence-corrected chi connectivity index (χ3v) is 4.44. The summed E-state index contributed by atoms with van der Waals surface area (Å²) in [6.07, 6.45) is 1.29. The second-order valence-electron chi connectivity index (χ2n) is 5.87. The quantitative estimate of drug-likeness (QED) is 0.329. The van der Waals surface area contributed by atoms with Crippen LogP contribution in [0.1, 0.15) is 22.8 Å². The van der Waals surface area contributed by atoms with E-state index in [4.69, 9.17) is 5.11 Å². The maximum Gasteiger partial charge on any atom is 0.325 e. The molecule has 0 aromatic heterocycles. The second-order valence-corrected chi connectivity index (χ2v) is 6.73. The number of nitrogens with one attached hydrogen (secondary N) is 2. The molecule has 0 bridgehead atoms. The number of carboxylic acid groups (broad SMARTS) is 1. The largest absolute Gasteiger partial charge is 0.480 e. The molecule has 0 saturated carbocycles. The lowest BCUT2D eigenvalue weighted by Gasteiger charge is -2.14. The SMILES string of the molecule is C[C@H](NC(=O)/C(=C/c1ccc([N+](=O)[O-])cc1)NC(=O)c1ccccc1Br)C(=O)O. The third kappa shape index (κ3) is 5.98. The smallest absolute Gasteiger partial charge is 0.325 e. The molecule has 9 nitrogen and oxygen atoms in total. The summed E-state index contributed by atoms with van der Waals surface area (Å²) in [7, 11) is 0. The number of carbonyl (C=O) groups is 3. The molecule has 0 aliphatic carbocycles. The maximum absolute atomic E-state index is 12.6. The Bertz CT molecular complexity index is 988. The molecular formula is C19H16BrN3O6. The number of non-ortho nitro benzene ring substituents is 1. The molecule has 0 fully saturated rings. The molecule has 0 aliphatic heterocycles. The van der Waals surface area contributed by atoms with Crippen LogP contribution in [0.3, 0.4) is 0 Å². The number of aliphatic carboxylic acids is 1. The Labute approximate surface area is 173 Å². The first-order valence-electron chi connectivity index (χ1n) is 8.24. The minimum atomic E-state index is -1.25.